The van der Waals surface area contributed by atoms with Crippen molar-refractivity contribution >= 4 is 57.4 Å². The zero-order valence-electron chi connectivity index (χ0n) is 36.4. The van der Waals surface area contributed by atoms with Crippen LogP contribution in [-0.4, -0.2) is 128 Å². The highest BCUT2D eigenvalue weighted by Gasteiger charge is 2.58. The van der Waals surface area contributed by atoms with E-state index in [4.69, 9.17) is 35.8 Å². The first-order valence-corrected chi connectivity index (χ1v) is 23.3. The molecule has 3 aromatic carbocycles. The molecule has 2 aromatic heterocycles. The Morgan fingerprint density at radius 2 is 1.34 bits per heavy atom. The van der Waals surface area contributed by atoms with E-state index in [-0.39, 0.29) is 47.8 Å². The number of halogens is 1. The van der Waals surface area contributed by atoms with Crippen LogP contribution in [0.15, 0.2) is 54.6 Å². The van der Waals surface area contributed by atoms with E-state index >= 15 is 0 Å². The van der Waals surface area contributed by atoms with Crippen molar-refractivity contribution in [3.05, 3.63) is 71.4 Å². The number of carboxylic acid groups (broad SMARTS) is 1. The van der Waals surface area contributed by atoms with E-state index in [1.54, 1.807) is 0 Å². The van der Waals surface area contributed by atoms with E-state index in [9.17, 15) is 24.3 Å². The summed E-state index contributed by atoms with van der Waals surface area (Å²) in [4.78, 5) is 75.2. The fourth-order valence-corrected chi connectivity index (χ4v) is 11.7. The first-order valence-electron chi connectivity index (χ1n) is 22.9. The van der Waals surface area contributed by atoms with Crippen molar-refractivity contribution in [2.24, 2.45) is 23.7 Å². The first kappa shape index (κ1) is 42.0. The van der Waals surface area contributed by atoms with Crippen LogP contribution in [-0.2, 0) is 23.8 Å². The summed E-state index contributed by atoms with van der Waals surface area (Å²) in [6.07, 6.45) is 4.34. The topological polar surface area (TPSA) is 195 Å². The van der Waals surface area contributed by atoms with Gasteiger partial charge >= 0.3 is 12.2 Å². The van der Waals surface area contributed by atoms with E-state index < -0.39 is 24.3 Å². The summed E-state index contributed by atoms with van der Waals surface area (Å²) < 4.78 is 16.0. The average Bonchev–Trinajstić information content (AvgIpc) is 4.01. The monoisotopic (exact) mass is 904 g/mol. The van der Waals surface area contributed by atoms with Crippen LogP contribution in [0.4, 0.5) is 9.59 Å². The molecule has 4 N–H and O–H groups in total. The zero-order chi connectivity index (χ0) is 44.7. The molecule has 0 unspecified atom stereocenters. The molecule has 6 aliphatic rings. The molecule has 0 bridgehead atoms. The number of imidazole rings is 2. The third-order valence-corrected chi connectivity index (χ3v) is 15.4. The molecule has 11 rings (SSSR count). The number of benzene rings is 3. The number of carbonyl (C=O) groups is 4. The van der Waals surface area contributed by atoms with Crippen LogP contribution in [0.1, 0.15) is 75.1 Å². The number of methoxy groups -OCH3 is 1. The van der Waals surface area contributed by atoms with Crippen molar-refractivity contribution in [1.82, 2.24) is 40.0 Å². The van der Waals surface area contributed by atoms with Crippen LogP contribution in [0.2, 0.25) is 5.15 Å². The fourth-order valence-electron chi connectivity index (χ4n) is 11.5. The Kier molecular flexibility index (Phi) is 10.7. The van der Waals surface area contributed by atoms with Crippen LogP contribution < -0.4 is 5.32 Å². The maximum atomic E-state index is 14.4. The molecule has 0 spiro atoms. The van der Waals surface area contributed by atoms with E-state index in [2.05, 4.69) is 57.7 Å². The molecule has 16 nitrogen and oxygen atoms in total. The third kappa shape index (κ3) is 7.66. The number of alkyl carbamates (subject to hydrolysis) is 1. The lowest BCUT2D eigenvalue weighted by atomic mass is 9.89. The van der Waals surface area contributed by atoms with Gasteiger partial charge < -0.3 is 44.4 Å². The molecule has 4 aliphatic heterocycles. The van der Waals surface area contributed by atoms with E-state index in [1.807, 2.05) is 21.9 Å². The number of nitrogens with one attached hydrogen (secondary N) is 3. The molecule has 0 radical (unpaired) electrons. The number of piperidine rings is 2. The number of aromatic nitrogens is 4. The minimum atomic E-state index is -1.12. The number of likely N-dealkylation sites (tertiary alicyclic amines) is 2. The average molecular weight is 905 g/mol. The van der Waals surface area contributed by atoms with Gasteiger partial charge in [-0.3, -0.25) is 14.5 Å². The summed E-state index contributed by atoms with van der Waals surface area (Å²) in [6.45, 7) is 2.13. The number of likely N-dealkylation sites (N-methyl/N-ethyl adjacent to an activating group) is 1. The van der Waals surface area contributed by atoms with Gasteiger partial charge in [-0.2, -0.15) is 0 Å². The predicted octanol–water partition coefficient (Wildman–Crippen LogP) is 7.31. The molecule has 4 amide bonds. The van der Waals surface area contributed by atoms with Gasteiger partial charge in [-0.25, -0.2) is 19.6 Å². The molecule has 5 aromatic rings. The second-order valence-electron chi connectivity index (χ2n) is 18.9. The van der Waals surface area contributed by atoms with Crippen molar-refractivity contribution in [1.29, 1.82) is 0 Å². The Balaban J connectivity index is 0.820. The Labute approximate surface area is 380 Å². The molecule has 65 heavy (non-hydrogen) atoms. The number of nitrogens with zero attached hydrogens (tertiary/aromatic N) is 5. The summed E-state index contributed by atoms with van der Waals surface area (Å²) in [5, 5.41) is 15.2. The number of ether oxygens (including phenoxy) is 3. The van der Waals surface area contributed by atoms with Gasteiger partial charge in [-0.15, -0.1) is 0 Å². The molecule has 8 atom stereocenters. The lowest BCUT2D eigenvalue weighted by molar-refractivity contribution is -0.141. The number of rotatable bonds is 10. The van der Waals surface area contributed by atoms with Crippen molar-refractivity contribution < 1.29 is 38.5 Å². The number of carbonyl (C=O) groups excluding carboxylic acids is 3. The van der Waals surface area contributed by atoms with Crippen LogP contribution >= 0.6 is 11.6 Å². The third-order valence-electron chi connectivity index (χ3n) is 15.1. The van der Waals surface area contributed by atoms with Crippen molar-refractivity contribution in [3.63, 3.8) is 0 Å². The standard InChI is InChI=1S/C48H53ClN8O8/c1-55(48(61)62)41(25-11-15-65-16-12-25)46(59)57-36-21-32(36)23-38(57)44-52-39(42(49)54-44)30-6-5-26-17-27(3-4-28(26)18-30)29-7-8-33-34(19-29)51-43(50-33)37-22-31-20-35(31)56(37)45(58)40(53-47(60)63-2)24-9-13-64-14-10-24/h3-8,17-19,24-25,31-32,35-38,40-41H,9-16,20-23H2,1-2H3,(H,50,51)(H,52,54)(H,53,60)(H,61,62)/t31-,32-,35-,36-,37+,38+,40+,41+/m1/s1. The highest BCUT2D eigenvalue weighted by Crippen LogP contribution is 2.55. The number of hydrogen-bond donors (Lipinski definition) is 4. The van der Waals surface area contributed by atoms with Gasteiger partial charge in [0.2, 0.25) is 11.8 Å². The second-order valence-corrected chi connectivity index (χ2v) is 19.2. The number of amides is 4. The van der Waals surface area contributed by atoms with Crippen molar-refractivity contribution in [2.45, 2.75) is 87.6 Å². The maximum Gasteiger partial charge on any atom is 0.407 e. The highest BCUT2D eigenvalue weighted by atomic mass is 35.5. The summed E-state index contributed by atoms with van der Waals surface area (Å²) in [7, 11) is 2.81. The lowest BCUT2D eigenvalue weighted by Gasteiger charge is -2.38. The number of fused-ring (bicyclic) bond motifs is 4. The highest BCUT2D eigenvalue weighted by molar-refractivity contribution is 6.32. The predicted molar refractivity (Wildman–Crippen MR) is 240 cm³/mol. The first-order chi connectivity index (χ1) is 31.5. The van der Waals surface area contributed by atoms with Gasteiger partial charge in [-0.05, 0) is 121 Å². The Morgan fingerprint density at radius 1 is 0.769 bits per heavy atom. The minimum Gasteiger partial charge on any atom is -0.465 e. The fraction of sp³-hybridized carbons (Fsp3) is 0.500. The Hall–Kier alpha value is -5.71. The molecular weight excluding hydrogens is 852 g/mol. The largest absolute Gasteiger partial charge is 0.465 e. The summed E-state index contributed by atoms with van der Waals surface area (Å²) >= 11 is 6.86. The normalized spacial score (nSPS) is 26.1. The van der Waals surface area contributed by atoms with Crippen molar-refractivity contribution in [3.8, 4) is 22.4 Å². The quantitative estimate of drug-likeness (QED) is 0.110. The van der Waals surface area contributed by atoms with Gasteiger partial charge in [0.15, 0.2) is 5.15 Å². The zero-order valence-corrected chi connectivity index (χ0v) is 37.1. The number of aromatic amines is 2. The molecule has 6 heterocycles. The van der Waals surface area contributed by atoms with Crippen LogP contribution in [0.5, 0.6) is 0 Å². The van der Waals surface area contributed by atoms with Gasteiger partial charge in [0.25, 0.3) is 0 Å². The SMILES string of the molecule is COC(=O)N[C@H](C(=O)N1[C@@H]2C[C@@H]2C[C@H]1c1nc2cc(-c3ccc4cc(-c5[nH]c([C@@H]6C[C@H]7C[C@H]7N6C(=O)[C@H](C6CCOCC6)N(C)C(=O)O)nc5Cl)ccc4c3)ccc2[nH]1)C1CCOCC1. The molecule has 340 valence electrons. The molecule has 2 aliphatic carbocycles. The van der Waals surface area contributed by atoms with E-state index in [1.165, 1.54) is 19.1 Å². The van der Waals surface area contributed by atoms with Crippen LogP contribution in [0, 0.1) is 23.7 Å². The van der Waals surface area contributed by atoms with Gasteiger partial charge in [-0.1, -0.05) is 41.9 Å². The molecule has 6 fully saturated rings. The summed E-state index contributed by atoms with van der Waals surface area (Å²) in [5.74, 6) is 1.72. The van der Waals surface area contributed by atoms with Gasteiger partial charge in [0.1, 0.15) is 23.7 Å². The Bertz CT molecular complexity index is 2690. The van der Waals surface area contributed by atoms with Crippen LogP contribution in [0.25, 0.3) is 44.2 Å². The molecular formula is C48H53ClN8O8. The van der Waals surface area contributed by atoms with E-state index in [0.717, 1.165) is 70.0 Å². The smallest absolute Gasteiger partial charge is 0.407 e. The molecule has 17 heteroatoms. The number of hydrogen-bond acceptors (Lipinski definition) is 9. The maximum absolute atomic E-state index is 14.4. The van der Waals surface area contributed by atoms with E-state index in [0.29, 0.717) is 80.6 Å². The van der Waals surface area contributed by atoms with Crippen LogP contribution in [0.3, 0.4) is 0 Å². The minimum absolute atomic E-state index is 0.0358. The van der Waals surface area contributed by atoms with Gasteiger partial charge in [0, 0.05) is 51.1 Å². The molecule has 2 saturated carbocycles. The summed E-state index contributed by atoms with van der Waals surface area (Å²) in [5.41, 5.74) is 5.27. The van der Waals surface area contributed by atoms with Crippen molar-refractivity contribution in [2.75, 3.05) is 40.6 Å². The van der Waals surface area contributed by atoms with Gasteiger partial charge in [0.05, 0.1) is 35.9 Å². The Morgan fingerprint density at radius 3 is 1.98 bits per heavy atom. The summed E-state index contributed by atoms with van der Waals surface area (Å²) in [6, 6.07) is 16.9. The second kappa shape index (κ2) is 16.6. The molecule has 4 saturated heterocycles. The lowest BCUT2D eigenvalue weighted by Crippen LogP contribution is -2.54. The number of H-pyrrole nitrogens is 2.